The van der Waals surface area contributed by atoms with Gasteiger partial charge in [0.05, 0.1) is 0 Å². The third kappa shape index (κ3) is 1.57. The molecule has 1 atom stereocenters. The molecule has 1 unspecified atom stereocenters. The minimum absolute atomic E-state index is 1.01. The standard InChI is InChI=1S/C4H2F12P2/c5-1(6,7)18(17,2(8,9)10,3(11,12)13)4(14,15)16/h17H2. The molecule has 0 saturated carbocycles. The van der Waals surface area contributed by atoms with Crippen LogP contribution in [0.1, 0.15) is 0 Å². The maximum absolute atomic E-state index is 12.1. The Balaban J connectivity index is 6.90. The van der Waals surface area contributed by atoms with Crippen molar-refractivity contribution in [3.05, 3.63) is 0 Å². The summed E-state index contributed by atoms with van der Waals surface area (Å²) in [6, 6.07) is 0. The molecule has 0 aromatic carbocycles. The van der Waals surface area contributed by atoms with Gasteiger partial charge in [-0.1, -0.05) is 0 Å². The first kappa shape index (κ1) is 18.0. The third-order valence-electron chi connectivity index (χ3n) is 2.11. The molecule has 0 N–H and O–H groups in total. The van der Waals surface area contributed by atoms with Gasteiger partial charge in [0.15, 0.2) is 0 Å². The third-order valence-corrected chi connectivity index (χ3v) is 9.83. The molecule has 18 heavy (non-hydrogen) atoms. The summed E-state index contributed by atoms with van der Waals surface area (Å²) < 4.78 is 145. The molecule has 0 bridgehead atoms. The fraction of sp³-hybridized carbons (Fsp3) is 1.00. The van der Waals surface area contributed by atoms with Gasteiger partial charge in [-0.25, -0.2) is 0 Å². The van der Waals surface area contributed by atoms with E-state index in [0.29, 0.717) is 0 Å². The second-order valence-corrected chi connectivity index (χ2v) is 10.6. The minimum atomic E-state index is -10.2. The van der Waals surface area contributed by atoms with Crippen molar-refractivity contribution in [1.82, 2.24) is 0 Å². The van der Waals surface area contributed by atoms with Gasteiger partial charge in [0.25, 0.3) is 0 Å². The molecular formula is C4H2F12P2. The van der Waals surface area contributed by atoms with E-state index in [9.17, 15) is 52.7 Å². The first-order chi connectivity index (χ1) is 7.34. The molecule has 0 rings (SSSR count). The van der Waals surface area contributed by atoms with Crippen LogP contribution in [0.25, 0.3) is 0 Å². The molecule has 0 amide bonds. The van der Waals surface area contributed by atoms with E-state index < -0.39 is 38.9 Å². The van der Waals surface area contributed by atoms with Gasteiger partial charge in [-0.3, -0.25) is 0 Å². The quantitative estimate of drug-likeness (QED) is 0.409. The zero-order chi connectivity index (χ0) is 15.4. The Hall–Kier alpha value is 0.0200. The molecule has 0 aromatic rings. The van der Waals surface area contributed by atoms with Gasteiger partial charge in [0.2, 0.25) is 0 Å². The normalized spacial score (nSPS) is 18.4. The molecule has 0 nitrogen and oxygen atoms in total. The molecule has 0 saturated heterocycles. The Bertz CT molecular complexity index is 258. The fourth-order valence-corrected chi connectivity index (χ4v) is 2.59. The summed E-state index contributed by atoms with van der Waals surface area (Å²) in [5.74, 6) is -30.3. The van der Waals surface area contributed by atoms with Crippen molar-refractivity contribution in [1.29, 1.82) is 0 Å². The molecule has 0 heterocycles. The average Bonchev–Trinajstić information content (AvgIpc) is 1.92. The fourth-order valence-electron chi connectivity index (χ4n) is 0.862. The molecule has 14 heteroatoms. The van der Waals surface area contributed by atoms with Crippen LogP contribution in [-0.2, 0) is 0 Å². The molecule has 0 radical (unpaired) electrons. The summed E-state index contributed by atoms with van der Waals surface area (Å²) in [5, 5.41) is 0. The molecule has 0 aromatic heterocycles. The van der Waals surface area contributed by atoms with Crippen LogP contribution in [0.5, 0.6) is 0 Å². The van der Waals surface area contributed by atoms with Crippen LogP contribution >= 0.6 is 15.2 Å². The maximum atomic E-state index is 12.1. The number of rotatable bonds is 0. The Morgan fingerprint density at radius 2 is 0.556 bits per heavy atom. The van der Waals surface area contributed by atoms with Crippen molar-refractivity contribution in [2.45, 2.75) is 23.7 Å². The van der Waals surface area contributed by atoms with E-state index in [4.69, 9.17) is 0 Å². The number of hydrogen-bond donors (Lipinski definition) is 0. The second kappa shape index (κ2) is 3.77. The van der Waals surface area contributed by atoms with Crippen molar-refractivity contribution < 1.29 is 52.7 Å². The average molecular weight is 340 g/mol. The van der Waals surface area contributed by atoms with Crippen LogP contribution in [0.3, 0.4) is 0 Å². The summed E-state index contributed by atoms with van der Waals surface area (Å²) in [6.07, 6.45) is -10.2. The van der Waals surface area contributed by atoms with Gasteiger partial charge in [0, 0.05) is 0 Å². The SMILES string of the molecule is FC(F)(F)P(P)(C(F)(F)F)(C(F)(F)F)C(F)(F)F. The molecular weight excluding hydrogens is 338 g/mol. The van der Waals surface area contributed by atoms with E-state index >= 15 is 0 Å². The van der Waals surface area contributed by atoms with Crippen molar-refractivity contribution in [3.8, 4) is 0 Å². The van der Waals surface area contributed by atoms with Crippen molar-refractivity contribution in [2.75, 3.05) is 0 Å². The predicted octanol–water partition coefficient (Wildman–Crippen LogP) is 5.41. The summed E-state index contributed by atoms with van der Waals surface area (Å²) >= 11 is 0. The predicted molar refractivity (Wildman–Crippen MR) is 40.8 cm³/mol. The van der Waals surface area contributed by atoms with Crippen LogP contribution in [0.2, 0.25) is 0 Å². The molecule has 112 valence electrons. The first-order valence-corrected chi connectivity index (χ1v) is 7.27. The Kier molecular flexibility index (Phi) is 3.78. The number of halogens is 12. The molecule has 0 aliphatic rings. The van der Waals surface area contributed by atoms with Crippen LogP contribution in [0.15, 0.2) is 0 Å². The van der Waals surface area contributed by atoms with Crippen LogP contribution < -0.4 is 0 Å². The van der Waals surface area contributed by atoms with Crippen molar-refractivity contribution in [3.63, 3.8) is 0 Å². The van der Waals surface area contributed by atoms with E-state index in [-0.39, 0.29) is 0 Å². The summed E-state index contributed by atoms with van der Waals surface area (Å²) in [6.45, 7) is 0. The summed E-state index contributed by atoms with van der Waals surface area (Å²) in [5.41, 5.74) is 0. The van der Waals surface area contributed by atoms with E-state index in [1.807, 2.05) is 0 Å². The van der Waals surface area contributed by atoms with E-state index in [1.54, 1.807) is 0 Å². The zero-order valence-corrected chi connectivity index (χ0v) is 9.61. The van der Waals surface area contributed by atoms with Gasteiger partial charge in [-0.2, -0.15) is 0 Å². The van der Waals surface area contributed by atoms with E-state index in [1.165, 1.54) is 0 Å². The topological polar surface area (TPSA) is 0 Å². The van der Waals surface area contributed by atoms with Crippen LogP contribution in [-0.4, -0.2) is 23.7 Å². The monoisotopic (exact) mass is 340 g/mol. The molecule has 0 spiro atoms. The molecule has 0 aliphatic carbocycles. The van der Waals surface area contributed by atoms with Crippen LogP contribution in [0, 0.1) is 0 Å². The number of hydrogen-bond acceptors (Lipinski definition) is 0. The van der Waals surface area contributed by atoms with Gasteiger partial charge < -0.3 is 0 Å². The molecule has 0 fully saturated rings. The van der Waals surface area contributed by atoms with Crippen molar-refractivity contribution >= 4 is 15.2 Å². The van der Waals surface area contributed by atoms with E-state index in [0.717, 1.165) is 0 Å². The van der Waals surface area contributed by atoms with Gasteiger partial charge in [-0.05, 0) is 0 Å². The Morgan fingerprint density at radius 3 is 0.556 bits per heavy atom. The van der Waals surface area contributed by atoms with Gasteiger partial charge in [0.1, 0.15) is 0 Å². The van der Waals surface area contributed by atoms with Crippen LogP contribution in [0.4, 0.5) is 52.7 Å². The first-order valence-electron chi connectivity index (χ1n) is 3.42. The van der Waals surface area contributed by atoms with Gasteiger partial charge >= 0.3 is 91.6 Å². The summed E-state index contributed by atoms with van der Waals surface area (Å²) in [7, 11) is -1.01. The van der Waals surface area contributed by atoms with E-state index in [2.05, 4.69) is 0 Å². The second-order valence-electron chi connectivity index (χ2n) is 3.06. The van der Waals surface area contributed by atoms with Crippen molar-refractivity contribution in [2.24, 2.45) is 0 Å². The Morgan fingerprint density at radius 1 is 0.444 bits per heavy atom. The molecule has 0 aliphatic heterocycles. The zero-order valence-electron chi connectivity index (χ0n) is 7.56. The Labute approximate surface area is 92.7 Å². The number of alkyl halides is 12. The van der Waals surface area contributed by atoms with Gasteiger partial charge in [-0.15, -0.1) is 0 Å². The summed E-state index contributed by atoms with van der Waals surface area (Å²) in [4.78, 5) is 0.